The Morgan fingerprint density at radius 3 is 2.39 bits per heavy atom. The van der Waals surface area contributed by atoms with Gasteiger partial charge in [0.1, 0.15) is 6.54 Å². The van der Waals surface area contributed by atoms with E-state index in [1.165, 1.54) is 11.1 Å². The molecular formula is C27H33N5O4. The number of ether oxygens (including phenoxy) is 1. The van der Waals surface area contributed by atoms with E-state index in [2.05, 4.69) is 17.4 Å². The van der Waals surface area contributed by atoms with Gasteiger partial charge < -0.3 is 19.9 Å². The third kappa shape index (κ3) is 4.75. The SMILES string of the molecule is COCCNC(=O)Cn1c(=O)n(C2CCN(C(=O)N3CCc4ccccc4C3)CC2)c2ccccc21. The molecule has 0 unspecified atom stereocenters. The number of likely N-dealkylation sites (tertiary alicyclic amines) is 1. The Balaban J connectivity index is 1.28. The molecule has 0 bridgehead atoms. The van der Waals surface area contributed by atoms with Crippen molar-refractivity contribution in [2.45, 2.75) is 38.4 Å². The number of methoxy groups -OCH3 is 1. The Morgan fingerprint density at radius 1 is 0.944 bits per heavy atom. The minimum atomic E-state index is -0.222. The fourth-order valence-electron chi connectivity index (χ4n) is 5.40. The predicted molar refractivity (Wildman–Crippen MR) is 137 cm³/mol. The molecule has 0 spiro atoms. The van der Waals surface area contributed by atoms with Gasteiger partial charge in [0, 0.05) is 45.9 Å². The number of hydrogen-bond acceptors (Lipinski definition) is 4. The Bertz CT molecular complexity index is 1300. The van der Waals surface area contributed by atoms with Crippen molar-refractivity contribution in [1.82, 2.24) is 24.3 Å². The van der Waals surface area contributed by atoms with E-state index in [1.807, 2.05) is 50.8 Å². The molecule has 2 aliphatic rings. The topological polar surface area (TPSA) is 88.8 Å². The van der Waals surface area contributed by atoms with Gasteiger partial charge in [-0.25, -0.2) is 9.59 Å². The number of piperidine rings is 1. The third-order valence-electron chi connectivity index (χ3n) is 7.30. The van der Waals surface area contributed by atoms with E-state index in [0.29, 0.717) is 45.6 Å². The van der Waals surface area contributed by atoms with Gasteiger partial charge >= 0.3 is 11.7 Å². The highest BCUT2D eigenvalue weighted by atomic mass is 16.5. The Kier molecular flexibility index (Phi) is 7.09. The summed E-state index contributed by atoms with van der Waals surface area (Å²) in [6, 6.07) is 16.0. The van der Waals surface area contributed by atoms with Crippen LogP contribution in [-0.2, 0) is 29.0 Å². The van der Waals surface area contributed by atoms with E-state index >= 15 is 0 Å². The second-order valence-corrected chi connectivity index (χ2v) is 9.51. The average molecular weight is 492 g/mol. The van der Waals surface area contributed by atoms with Crippen LogP contribution in [0.4, 0.5) is 4.79 Å². The van der Waals surface area contributed by atoms with Crippen molar-refractivity contribution in [1.29, 1.82) is 0 Å². The minimum Gasteiger partial charge on any atom is -0.383 e. The second-order valence-electron chi connectivity index (χ2n) is 9.51. The van der Waals surface area contributed by atoms with Crippen LogP contribution in [-0.4, -0.2) is 70.8 Å². The number of rotatable bonds is 6. The molecule has 1 saturated heterocycles. The molecule has 9 heteroatoms. The number of carbonyl (C=O) groups is 2. The van der Waals surface area contributed by atoms with E-state index in [-0.39, 0.29) is 30.2 Å². The first-order valence-corrected chi connectivity index (χ1v) is 12.6. The number of benzene rings is 2. The third-order valence-corrected chi connectivity index (χ3v) is 7.30. The van der Waals surface area contributed by atoms with Crippen LogP contribution in [0.5, 0.6) is 0 Å². The van der Waals surface area contributed by atoms with Gasteiger partial charge in [-0.05, 0) is 42.5 Å². The molecule has 1 fully saturated rings. The summed E-state index contributed by atoms with van der Waals surface area (Å²) >= 11 is 0. The van der Waals surface area contributed by atoms with Crippen LogP contribution in [0.2, 0.25) is 0 Å². The van der Waals surface area contributed by atoms with Crippen LogP contribution in [0.3, 0.4) is 0 Å². The Hall–Kier alpha value is -3.59. The highest BCUT2D eigenvalue weighted by Crippen LogP contribution is 2.27. The van der Waals surface area contributed by atoms with E-state index < -0.39 is 0 Å². The highest BCUT2D eigenvalue weighted by molar-refractivity contribution is 5.81. The second kappa shape index (κ2) is 10.6. The minimum absolute atomic E-state index is 0.0219. The lowest BCUT2D eigenvalue weighted by atomic mass is 10.00. The maximum atomic E-state index is 13.5. The number of carbonyl (C=O) groups excluding carboxylic acids is 2. The van der Waals surface area contributed by atoms with E-state index in [4.69, 9.17) is 4.74 Å². The van der Waals surface area contributed by atoms with Gasteiger partial charge in [0.2, 0.25) is 5.91 Å². The summed E-state index contributed by atoms with van der Waals surface area (Å²) in [6.45, 7) is 3.37. The summed E-state index contributed by atoms with van der Waals surface area (Å²) in [7, 11) is 1.58. The smallest absolute Gasteiger partial charge is 0.329 e. The lowest BCUT2D eigenvalue weighted by molar-refractivity contribution is -0.121. The average Bonchev–Trinajstić information content (AvgIpc) is 3.19. The number of urea groups is 1. The van der Waals surface area contributed by atoms with Crippen molar-refractivity contribution in [3.05, 3.63) is 70.1 Å². The summed E-state index contributed by atoms with van der Waals surface area (Å²) in [4.78, 5) is 43.0. The van der Waals surface area contributed by atoms with Crippen LogP contribution in [0.15, 0.2) is 53.3 Å². The number of imidazole rings is 1. The number of nitrogens with one attached hydrogen (secondary N) is 1. The van der Waals surface area contributed by atoms with Crippen molar-refractivity contribution < 1.29 is 14.3 Å². The molecule has 36 heavy (non-hydrogen) atoms. The van der Waals surface area contributed by atoms with Crippen molar-refractivity contribution in [3.8, 4) is 0 Å². The van der Waals surface area contributed by atoms with Crippen LogP contribution in [0.25, 0.3) is 11.0 Å². The summed E-state index contributed by atoms with van der Waals surface area (Å²) in [5, 5.41) is 2.79. The molecule has 0 aliphatic carbocycles. The Labute approximate surface area is 210 Å². The maximum absolute atomic E-state index is 13.5. The molecule has 190 valence electrons. The molecule has 0 atom stereocenters. The lowest BCUT2D eigenvalue weighted by Gasteiger charge is -2.37. The number of amides is 3. The van der Waals surface area contributed by atoms with Crippen LogP contribution in [0, 0.1) is 0 Å². The van der Waals surface area contributed by atoms with Crippen LogP contribution < -0.4 is 11.0 Å². The molecule has 3 heterocycles. The van der Waals surface area contributed by atoms with Crippen LogP contribution >= 0.6 is 0 Å². The van der Waals surface area contributed by atoms with Gasteiger partial charge in [-0.3, -0.25) is 13.9 Å². The fourth-order valence-corrected chi connectivity index (χ4v) is 5.40. The van der Waals surface area contributed by atoms with E-state index in [9.17, 15) is 14.4 Å². The molecule has 1 N–H and O–H groups in total. The van der Waals surface area contributed by atoms with Crippen molar-refractivity contribution >= 4 is 23.0 Å². The highest BCUT2D eigenvalue weighted by Gasteiger charge is 2.30. The first-order valence-electron chi connectivity index (χ1n) is 12.6. The Morgan fingerprint density at radius 2 is 1.64 bits per heavy atom. The zero-order chi connectivity index (χ0) is 25.1. The number of fused-ring (bicyclic) bond motifs is 2. The quantitative estimate of drug-likeness (QED) is 0.537. The van der Waals surface area contributed by atoms with Gasteiger partial charge in [-0.15, -0.1) is 0 Å². The molecule has 2 aromatic carbocycles. The largest absolute Gasteiger partial charge is 0.383 e. The van der Waals surface area contributed by atoms with E-state index in [1.54, 1.807) is 11.7 Å². The number of aromatic nitrogens is 2. The van der Waals surface area contributed by atoms with Crippen molar-refractivity contribution in [2.24, 2.45) is 0 Å². The summed E-state index contributed by atoms with van der Waals surface area (Å²) in [5.74, 6) is -0.222. The first-order chi connectivity index (χ1) is 17.6. The maximum Gasteiger partial charge on any atom is 0.329 e. The summed E-state index contributed by atoms with van der Waals surface area (Å²) < 4.78 is 8.34. The van der Waals surface area contributed by atoms with Gasteiger partial charge in [-0.1, -0.05) is 36.4 Å². The molecule has 5 rings (SSSR count). The molecule has 1 aromatic heterocycles. The first kappa shape index (κ1) is 24.1. The predicted octanol–water partition coefficient (Wildman–Crippen LogP) is 2.38. The molecule has 0 saturated carbocycles. The number of nitrogens with zero attached hydrogens (tertiary/aromatic N) is 4. The zero-order valence-electron chi connectivity index (χ0n) is 20.7. The monoisotopic (exact) mass is 491 g/mol. The number of hydrogen-bond donors (Lipinski definition) is 1. The molecule has 9 nitrogen and oxygen atoms in total. The fraction of sp³-hybridized carbons (Fsp3) is 0.444. The standard InChI is InChI=1S/C27H33N5O4/c1-36-17-13-28-25(33)19-31-23-8-4-5-9-24(23)32(27(31)35)22-11-15-29(16-12-22)26(34)30-14-10-20-6-2-3-7-21(20)18-30/h2-9,22H,10-19H2,1H3,(H,28,33). The molecule has 3 aromatic rings. The zero-order valence-corrected chi connectivity index (χ0v) is 20.7. The summed E-state index contributed by atoms with van der Waals surface area (Å²) in [6.07, 6.45) is 2.28. The normalized spacial score (nSPS) is 16.2. The van der Waals surface area contributed by atoms with Gasteiger partial charge in [-0.2, -0.15) is 0 Å². The van der Waals surface area contributed by atoms with Crippen molar-refractivity contribution in [2.75, 3.05) is 39.9 Å². The molecular weight excluding hydrogens is 458 g/mol. The van der Waals surface area contributed by atoms with Crippen molar-refractivity contribution in [3.63, 3.8) is 0 Å². The van der Waals surface area contributed by atoms with Gasteiger partial charge in [0.25, 0.3) is 0 Å². The number of para-hydroxylation sites is 2. The molecule has 3 amide bonds. The van der Waals surface area contributed by atoms with Crippen LogP contribution in [0.1, 0.15) is 30.0 Å². The van der Waals surface area contributed by atoms with E-state index in [0.717, 1.165) is 24.0 Å². The molecule has 2 aliphatic heterocycles. The molecule has 0 radical (unpaired) electrons. The van der Waals surface area contributed by atoms with Gasteiger partial charge in [0.15, 0.2) is 0 Å². The van der Waals surface area contributed by atoms with Gasteiger partial charge in [0.05, 0.1) is 17.6 Å². The summed E-state index contributed by atoms with van der Waals surface area (Å²) in [5.41, 5.74) is 3.93. The lowest BCUT2D eigenvalue weighted by Crippen LogP contribution is -2.48.